The quantitative estimate of drug-likeness (QED) is 0.704. The van der Waals surface area contributed by atoms with Crippen LogP contribution in [0.3, 0.4) is 0 Å². The second kappa shape index (κ2) is 7.54. The fourth-order valence-corrected chi connectivity index (χ4v) is 5.16. The zero-order chi connectivity index (χ0) is 20.8. The van der Waals surface area contributed by atoms with Crippen LogP contribution in [0.25, 0.3) is 0 Å². The summed E-state index contributed by atoms with van der Waals surface area (Å²) in [5, 5.41) is 13.1. The van der Waals surface area contributed by atoms with Crippen LogP contribution in [-0.2, 0) is 24.3 Å². The van der Waals surface area contributed by atoms with Gasteiger partial charge in [-0.05, 0) is 44.2 Å². The summed E-state index contributed by atoms with van der Waals surface area (Å²) >= 11 is 0. The molecule has 5 rings (SSSR count). The fourth-order valence-electron chi connectivity index (χ4n) is 5.16. The molecule has 0 saturated heterocycles. The van der Waals surface area contributed by atoms with Gasteiger partial charge in [0, 0.05) is 42.8 Å². The lowest BCUT2D eigenvalue weighted by Crippen LogP contribution is -2.50. The van der Waals surface area contributed by atoms with Crippen LogP contribution in [0, 0.1) is 12.7 Å². The Labute approximate surface area is 173 Å². The van der Waals surface area contributed by atoms with E-state index in [0.717, 1.165) is 49.3 Å². The minimum atomic E-state index is -0.426. The number of fused-ring (bicyclic) bond motifs is 2. The largest absolute Gasteiger partial charge is 0.373 e. The van der Waals surface area contributed by atoms with Crippen molar-refractivity contribution in [2.75, 3.05) is 11.9 Å². The highest BCUT2D eigenvalue weighted by atomic mass is 19.1. The predicted molar refractivity (Wildman–Crippen MR) is 110 cm³/mol. The number of aromatic amines is 1. The first-order chi connectivity index (χ1) is 14.5. The Morgan fingerprint density at radius 1 is 1.30 bits per heavy atom. The smallest absolute Gasteiger partial charge is 0.343 e. The van der Waals surface area contributed by atoms with Crippen molar-refractivity contribution in [1.29, 1.82) is 0 Å². The van der Waals surface area contributed by atoms with Gasteiger partial charge >= 0.3 is 5.69 Å². The Morgan fingerprint density at radius 2 is 2.17 bits per heavy atom. The number of carbonyl (C=O) groups is 1. The second-order valence-electron chi connectivity index (χ2n) is 8.71. The first kappa shape index (κ1) is 19.3. The van der Waals surface area contributed by atoms with Crippen LogP contribution < -0.4 is 16.3 Å². The second-order valence-corrected chi connectivity index (χ2v) is 8.71. The van der Waals surface area contributed by atoms with Crippen LogP contribution in [0.15, 0.2) is 16.9 Å². The summed E-state index contributed by atoms with van der Waals surface area (Å²) < 4.78 is 15.8. The molecule has 3 aliphatic rings. The van der Waals surface area contributed by atoms with Gasteiger partial charge in [0.05, 0.1) is 6.54 Å². The number of hydrogen-bond acceptors (Lipinski definition) is 5. The number of nitrogens with zero attached hydrogens (tertiary/aromatic N) is 3. The molecule has 1 amide bonds. The Bertz CT molecular complexity index is 1000. The summed E-state index contributed by atoms with van der Waals surface area (Å²) in [6.07, 6.45) is 4.35. The van der Waals surface area contributed by atoms with Gasteiger partial charge in [-0.1, -0.05) is 6.07 Å². The first-order valence-corrected chi connectivity index (χ1v) is 10.7. The molecule has 9 heteroatoms. The van der Waals surface area contributed by atoms with Gasteiger partial charge < -0.3 is 10.6 Å². The standard InChI is InChI=1S/C21H27FN6O2/c1-12-5-6-16(22)15-10-17(24-19(12)15)20(29)23-13-3-2-4-14(9-13)27-7-8-28-18(11-27)25-26-21(28)30/h5-6,13-14,17,24H,2-4,7-11H2,1H3,(H,23,29)(H,26,30)/t13-,14-,17?/m1/s1. The molecular weight excluding hydrogens is 387 g/mol. The highest BCUT2D eigenvalue weighted by molar-refractivity contribution is 5.88. The first-order valence-electron chi connectivity index (χ1n) is 10.7. The number of aryl methyl sites for hydroxylation is 1. The number of halogens is 1. The van der Waals surface area contributed by atoms with Gasteiger partial charge in [-0.25, -0.2) is 14.3 Å². The van der Waals surface area contributed by atoms with E-state index in [1.807, 2.05) is 6.92 Å². The molecular formula is C21H27FN6O2. The maximum atomic E-state index is 14.1. The zero-order valence-corrected chi connectivity index (χ0v) is 17.1. The summed E-state index contributed by atoms with van der Waals surface area (Å²) in [4.78, 5) is 27.0. The molecule has 1 saturated carbocycles. The molecule has 2 aromatic rings. The average Bonchev–Trinajstić information content (AvgIpc) is 3.36. The molecule has 30 heavy (non-hydrogen) atoms. The lowest BCUT2D eigenvalue weighted by atomic mass is 9.89. The number of aromatic nitrogens is 3. The molecule has 3 heterocycles. The van der Waals surface area contributed by atoms with E-state index in [4.69, 9.17) is 0 Å². The number of nitrogens with one attached hydrogen (secondary N) is 3. The van der Waals surface area contributed by atoms with Crippen LogP contribution in [0.5, 0.6) is 0 Å². The Morgan fingerprint density at radius 3 is 3.00 bits per heavy atom. The molecule has 0 spiro atoms. The topological polar surface area (TPSA) is 95.1 Å². The third-order valence-corrected chi connectivity index (χ3v) is 6.81. The van der Waals surface area contributed by atoms with E-state index in [1.54, 1.807) is 10.6 Å². The SMILES string of the molecule is Cc1ccc(F)c2c1NC(C(=O)N[C@@H]1CCC[C@@H](N3CCn4c(n[nH]c4=O)C3)C1)C2. The minimum absolute atomic E-state index is 0.0598. The molecule has 0 radical (unpaired) electrons. The van der Waals surface area contributed by atoms with E-state index in [2.05, 4.69) is 25.7 Å². The van der Waals surface area contributed by atoms with Crippen molar-refractivity contribution < 1.29 is 9.18 Å². The van der Waals surface area contributed by atoms with Crippen molar-refractivity contribution in [3.05, 3.63) is 45.4 Å². The van der Waals surface area contributed by atoms with Gasteiger partial charge in [-0.15, -0.1) is 0 Å². The van der Waals surface area contributed by atoms with Crippen LogP contribution >= 0.6 is 0 Å². The van der Waals surface area contributed by atoms with Crippen LogP contribution in [0.4, 0.5) is 10.1 Å². The Kier molecular flexibility index (Phi) is 4.85. The minimum Gasteiger partial charge on any atom is -0.373 e. The van der Waals surface area contributed by atoms with Gasteiger partial charge in [-0.2, -0.15) is 5.10 Å². The third kappa shape index (κ3) is 3.40. The normalized spacial score (nSPS) is 26.0. The van der Waals surface area contributed by atoms with E-state index < -0.39 is 6.04 Å². The Balaban J connectivity index is 1.20. The number of rotatable bonds is 3. The third-order valence-electron chi connectivity index (χ3n) is 6.81. The van der Waals surface area contributed by atoms with Crippen molar-refractivity contribution in [3.8, 4) is 0 Å². The highest BCUT2D eigenvalue weighted by Gasteiger charge is 2.34. The molecule has 1 fully saturated rings. The molecule has 3 atom stereocenters. The molecule has 1 aliphatic carbocycles. The van der Waals surface area contributed by atoms with Crippen LogP contribution in [0.2, 0.25) is 0 Å². The molecule has 1 aromatic heterocycles. The number of H-pyrrole nitrogens is 1. The zero-order valence-electron chi connectivity index (χ0n) is 17.1. The van der Waals surface area contributed by atoms with Crippen molar-refractivity contribution in [2.45, 2.75) is 70.2 Å². The summed E-state index contributed by atoms with van der Waals surface area (Å²) in [6, 6.07) is 3.25. The lowest BCUT2D eigenvalue weighted by molar-refractivity contribution is -0.122. The van der Waals surface area contributed by atoms with E-state index in [1.165, 1.54) is 6.07 Å². The number of carbonyl (C=O) groups excluding carboxylic acids is 1. The van der Waals surface area contributed by atoms with Gasteiger partial charge in [0.1, 0.15) is 17.7 Å². The van der Waals surface area contributed by atoms with E-state index in [0.29, 0.717) is 31.1 Å². The van der Waals surface area contributed by atoms with Gasteiger partial charge in [0.25, 0.3) is 0 Å². The van der Waals surface area contributed by atoms with E-state index >= 15 is 0 Å². The summed E-state index contributed by atoms with van der Waals surface area (Å²) in [5.74, 6) is 0.469. The summed E-state index contributed by atoms with van der Waals surface area (Å²) in [5.41, 5.74) is 2.18. The predicted octanol–water partition coefficient (Wildman–Crippen LogP) is 1.30. The molecule has 3 N–H and O–H groups in total. The van der Waals surface area contributed by atoms with Gasteiger partial charge in [0.2, 0.25) is 5.91 Å². The van der Waals surface area contributed by atoms with Gasteiger partial charge in [0.15, 0.2) is 0 Å². The van der Waals surface area contributed by atoms with Gasteiger partial charge in [-0.3, -0.25) is 14.3 Å². The highest BCUT2D eigenvalue weighted by Crippen LogP contribution is 2.32. The fraction of sp³-hybridized carbons (Fsp3) is 0.571. The maximum absolute atomic E-state index is 14.1. The number of hydrogen-bond donors (Lipinski definition) is 3. The monoisotopic (exact) mass is 414 g/mol. The van der Waals surface area contributed by atoms with Crippen molar-refractivity contribution in [1.82, 2.24) is 25.0 Å². The maximum Gasteiger partial charge on any atom is 0.343 e. The summed E-state index contributed by atoms with van der Waals surface area (Å²) in [7, 11) is 0. The van der Waals surface area contributed by atoms with Crippen molar-refractivity contribution in [2.24, 2.45) is 0 Å². The van der Waals surface area contributed by atoms with Crippen LogP contribution in [-0.4, -0.2) is 50.2 Å². The van der Waals surface area contributed by atoms with E-state index in [9.17, 15) is 14.0 Å². The Hall–Kier alpha value is -2.68. The molecule has 0 bridgehead atoms. The molecule has 2 aliphatic heterocycles. The van der Waals surface area contributed by atoms with Crippen molar-refractivity contribution in [3.63, 3.8) is 0 Å². The average molecular weight is 414 g/mol. The summed E-state index contributed by atoms with van der Waals surface area (Å²) in [6.45, 7) is 4.04. The number of benzene rings is 1. The number of anilines is 1. The lowest BCUT2D eigenvalue weighted by Gasteiger charge is -2.39. The van der Waals surface area contributed by atoms with Crippen molar-refractivity contribution >= 4 is 11.6 Å². The number of amides is 1. The van der Waals surface area contributed by atoms with E-state index in [-0.39, 0.29) is 23.5 Å². The molecule has 8 nitrogen and oxygen atoms in total. The molecule has 160 valence electrons. The molecule has 1 aromatic carbocycles. The van der Waals surface area contributed by atoms with Crippen LogP contribution in [0.1, 0.15) is 42.6 Å². The molecule has 1 unspecified atom stereocenters.